The second-order valence-electron chi connectivity index (χ2n) is 3.79. The molecule has 1 aliphatic rings. The van der Waals surface area contributed by atoms with Crippen molar-refractivity contribution in [2.24, 2.45) is 4.99 Å². The average molecular weight is 218 g/mol. The Balaban J connectivity index is 2.37. The number of rotatable bonds is 3. The molecule has 0 saturated carbocycles. The number of hydrogen-bond donors (Lipinski definition) is 1. The van der Waals surface area contributed by atoms with Crippen molar-refractivity contribution >= 4 is 28.7 Å². The molecule has 1 heterocycles. The molecular weight excluding hydrogens is 200 g/mol. The van der Waals surface area contributed by atoms with Gasteiger partial charge >= 0.3 is 0 Å². The largest absolute Gasteiger partial charge is 0.360 e. The van der Waals surface area contributed by atoms with Crippen molar-refractivity contribution in [2.45, 2.75) is 25.8 Å². The van der Waals surface area contributed by atoms with Gasteiger partial charge in [0.2, 0.25) is 0 Å². The Morgan fingerprint density at radius 2 is 2.38 bits per heavy atom. The van der Waals surface area contributed by atoms with Crippen LogP contribution in [0.3, 0.4) is 0 Å². The second kappa shape index (κ2) is 5.15. The van der Waals surface area contributed by atoms with Gasteiger partial charge in [-0.15, -0.1) is 0 Å². The summed E-state index contributed by atoms with van der Waals surface area (Å²) in [5.41, 5.74) is 0.240. The molecule has 0 aromatic carbocycles. The third-order valence-corrected chi connectivity index (χ3v) is 3.47. The fourth-order valence-corrected chi connectivity index (χ4v) is 2.73. The van der Waals surface area contributed by atoms with Gasteiger partial charge in [-0.3, -0.25) is 4.99 Å². The minimum absolute atomic E-state index is 0.240. The summed E-state index contributed by atoms with van der Waals surface area (Å²) >= 11 is 3.69. The highest BCUT2D eigenvalue weighted by Crippen LogP contribution is 2.21. The minimum atomic E-state index is 0.240. The maximum Gasteiger partial charge on any atom is 0.156 e. The van der Waals surface area contributed by atoms with Gasteiger partial charge < -0.3 is 5.32 Å². The maximum absolute atomic E-state index is 4.52. The standard InChI is InChI=1S/C9H18N2S2/c1-9(2)4-6-13-8(11-9)10-5-7-12-3/h4-7H2,1-3H3,(H,10,11). The fraction of sp³-hybridized carbons (Fsp3) is 0.889. The second-order valence-corrected chi connectivity index (χ2v) is 5.86. The van der Waals surface area contributed by atoms with E-state index in [-0.39, 0.29) is 5.54 Å². The average Bonchev–Trinajstić information content (AvgIpc) is 2.03. The zero-order valence-corrected chi connectivity index (χ0v) is 10.2. The van der Waals surface area contributed by atoms with Crippen LogP contribution in [-0.4, -0.2) is 35.0 Å². The van der Waals surface area contributed by atoms with E-state index >= 15 is 0 Å². The summed E-state index contributed by atoms with van der Waals surface area (Å²) in [6.07, 6.45) is 3.34. The summed E-state index contributed by atoms with van der Waals surface area (Å²) in [5.74, 6) is 2.31. The lowest BCUT2D eigenvalue weighted by Gasteiger charge is -2.32. The Morgan fingerprint density at radius 1 is 1.62 bits per heavy atom. The van der Waals surface area contributed by atoms with E-state index in [1.165, 1.54) is 12.2 Å². The van der Waals surface area contributed by atoms with E-state index in [2.05, 4.69) is 30.4 Å². The van der Waals surface area contributed by atoms with Gasteiger partial charge in [0.05, 0.1) is 6.54 Å². The maximum atomic E-state index is 4.52. The highest BCUT2D eigenvalue weighted by molar-refractivity contribution is 8.13. The quantitative estimate of drug-likeness (QED) is 0.735. The number of amidine groups is 1. The van der Waals surface area contributed by atoms with Crippen molar-refractivity contribution in [2.75, 3.05) is 24.3 Å². The first kappa shape index (κ1) is 11.2. The molecule has 0 atom stereocenters. The van der Waals surface area contributed by atoms with Gasteiger partial charge in [-0.2, -0.15) is 11.8 Å². The fourth-order valence-electron chi connectivity index (χ4n) is 1.11. The molecule has 0 amide bonds. The lowest BCUT2D eigenvalue weighted by Crippen LogP contribution is -2.46. The summed E-state index contributed by atoms with van der Waals surface area (Å²) < 4.78 is 0. The summed E-state index contributed by atoms with van der Waals surface area (Å²) in [4.78, 5) is 4.52. The molecule has 1 N–H and O–H groups in total. The lowest BCUT2D eigenvalue weighted by molar-refractivity contribution is 0.446. The summed E-state index contributed by atoms with van der Waals surface area (Å²) in [6, 6.07) is 0. The van der Waals surface area contributed by atoms with Crippen molar-refractivity contribution in [3.05, 3.63) is 0 Å². The Bertz CT molecular complexity index is 190. The number of nitrogens with zero attached hydrogens (tertiary/aromatic N) is 1. The summed E-state index contributed by atoms with van der Waals surface area (Å²) in [5, 5.41) is 4.59. The molecule has 0 aromatic heterocycles. The Labute approximate surface area is 89.3 Å². The van der Waals surface area contributed by atoms with E-state index in [1.807, 2.05) is 23.5 Å². The Morgan fingerprint density at radius 3 is 3.00 bits per heavy atom. The number of hydrogen-bond acceptors (Lipinski definition) is 3. The molecule has 13 heavy (non-hydrogen) atoms. The summed E-state index contributed by atoms with van der Waals surface area (Å²) in [7, 11) is 0. The van der Waals surface area contributed by atoms with Gasteiger partial charge in [0.1, 0.15) is 0 Å². The van der Waals surface area contributed by atoms with Crippen molar-refractivity contribution in [3.63, 3.8) is 0 Å². The first-order chi connectivity index (χ1) is 6.14. The van der Waals surface area contributed by atoms with E-state index in [9.17, 15) is 0 Å². The molecule has 1 fully saturated rings. The van der Waals surface area contributed by atoms with Gasteiger partial charge in [-0.25, -0.2) is 0 Å². The van der Waals surface area contributed by atoms with Crippen molar-refractivity contribution in [1.82, 2.24) is 5.32 Å². The molecule has 1 aliphatic heterocycles. The van der Waals surface area contributed by atoms with Crippen LogP contribution in [0.5, 0.6) is 0 Å². The predicted octanol–water partition coefficient (Wildman–Crippen LogP) is 2.21. The van der Waals surface area contributed by atoms with E-state index < -0.39 is 0 Å². The van der Waals surface area contributed by atoms with Crippen LogP contribution in [0, 0.1) is 0 Å². The number of aliphatic imine (C=N–C) groups is 1. The summed E-state index contributed by atoms with van der Waals surface area (Å²) in [6.45, 7) is 5.40. The van der Waals surface area contributed by atoms with Crippen LogP contribution in [0.1, 0.15) is 20.3 Å². The SMILES string of the molecule is CSCCN=C1NC(C)(C)CCS1. The van der Waals surface area contributed by atoms with Crippen LogP contribution in [0.25, 0.3) is 0 Å². The van der Waals surface area contributed by atoms with Gasteiger partial charge in [0, 0.05) is 17.0 Å². The third-order valence-electron chi connectivity index (χ3n) is 1.96. The molecular formula is C9H18N2S2. The molecule has 1 saturated heterocycles. The van der Waals surface area contributed by atoms with Gasteiger partial charge in [-0.05, 0) is 26.5 Å². The van der Waals surface area contributed by atoms with E-state index in [0.29, 0.717) is 0 Å². The molecule has 76 valence electrons. The Kier molecular flexibility index (Phi) is 4.46. The smallest absolute Gasteiger partial charge is 0.156 e. The predicted molar refractivity (Wildman–Crippen MR) is 65.0 cm³/mol. The third kappa shape index (κ3) is 4.27. The monoisotopic (exact) mass is 218 g/mol. The van der Waals surface area contributed by atoms with E-state index in [0.717, 1.165) is 17.5 Å². The number of thioether (sulfide) groups is 2. The van der Waals surface area contributed by atoms with Crippen LogP contribution in [0.15, 0.2) is 4.99 Å². The van der Waals surface area contributed by atoms with Crippen LogP contribution < -0.4 is 5.32 Å². The molecule has 0 aliphatic carbocycles. The van der Waals surface area contributed by atoms with Crippen LogP contribution in [0.4, 0.5) is 0 Å². The van der Waals surface area contributed by atoms with E-state index in [1.54, 1.807) is 0 Å². The van der Waals surface area contributed by atoms with E-state index in [4.69, 9.17) is 0 Å². The van der Waals surface area contributed by atoms with Gasteiger partial charge in [0.25, 0.3) is 0 Å². The molecule has 0 aromatic rings. The normalized spacial score (nSPS) is 24.4. The minimum Gasteiger partial charge on any atom is -0.360 e. The topological polar surface area (TPSA) is 24.4 Å². The molecule has 0 radical (unpaired) electrons. The lowest BCUT2D eigenvalue weighted by atomic mass is 10.0. The molecule has 0 spiro atoms. The zero-order chi connectivity index (χ0) is 9.73. The van der Waals surface area contributed by atoms with Crippen molar-refractivity contribution < 1.29 is 0 Å². The first-order valence-corrected chi connectivity index (χ1v) is 6.96. The molecule has 0 bridgehead atoms. The highest BCUT2D eigenvalue weighted by atomic mass is 32.2. The van der Waals surface area contributed by atoms with Crippen molar-refractivity contribution in [1.29, 1.82) is 0 Å². The number of nitrogens with one attached hydrogen (secondary N) is 1. The molecule has 2 nitrogen and oxygen atoms in total. The van der Waals surface area contributed by atoms with Crippen LogP contribution >= 0.6 is 23.5 Å². The Hall–Kier alpha value is 0.170. The van der Waals surface area contributed by atoms with Crippen LogP contribution in [0.2, 0.25) is 0 Å². The van der Waals surface area contributed by atoms with Crippen molar-refractivity contribution in [3.8, 4) is 0 Å². The van der Waals surface area contributed by atoms with Crippen LogP contribution in [-0.2, 0) is 0 Å². The molecule has 0 unspecified atom stereocenters. The first-order valence-electron chi connectivity index (χ1n) is 4.58. The van der Waals surface area contributed by atoms with Gasteiger partial charge in [-0.1, -0.05) is 11.8 Å². The zero-order valence-electron chi connectivity index (χ0n) is 8.59. The van der Waals surface area contributed by atoms with Gasteiger partial charge in [0.15, 0.2) is 5.17 Å². The molecule has 4 heteroatoms. The highest BCUT2D eigenvalue weighted by Gasteiger charge is 2.23. The molecule has 1 rings (SSSR count).